The van der Waals surface area contributed by atoms with Gasteiger partial charge in [-0.25, -0.2) is 4.79 Å². The quantitative estimate of drug-likeness (QED) is 0.480. The van der Waals surface area contributed by atoms with Crippen LogP contribution in [0.5, 0.6) is 0 Å². The molecule has 0 spiro atoms. The average Bonchev–Trinajstić information content (AvgIpc) is 2.26. The van der Waals surface area contributed by atoms with Crippen LogP contribution in [0, 0.1) is 0 Å². The van der Waals surface area contributed by atoms with Crippen LogP contribution < -0.4 is 0 Å². The summed E-state index contributed by atoms with van der Waals surface area (Å²) >= 11 is 0. The minimum absolute atomic E-state index is 0.174. The number of esters is 1. The van der Waals surface area contributed by atoms with E-state index in [1.54, 1.807) is 0 Å². The molecule has 0 saturated carbocycles. The molecule has 0 heterocycles. The van der Waals surface area contributed by atoms with Crippen molar-refractivity contribution in [1.82, 2.24) is 4.90 Å². The third-order valence-corrected chi connectivity index (χ3v) is 2.53. The van der Waals surface area contributed by atoms with Gasteiger partial charge in [-0.1, -0.05) is 26.8 Å². The average molecular weight is 213 g/mol. The van der Waals surface area contributed by atoms with E-state index in [0.29, 0.717) is 6.61 Å². The highest BCUT2D eigenvalue weighted by Gasteiger charge is 2.07. The van der Waals surface area contributed by atoms with Gasteiger partial charge in [0.2, 0.25) is 0 Å². The van der Waals surface area contributed by atoms with Crippen molar-refractivity contribution < 1.29 is 9.53 Å². The maximum Gasteiger partial charge on any atom is 0.333 e. The van der Waals surface area contributed by atoms with Gasteiger partial charge >= 0.3 is 5.97 Å². The van der Waals surface area contributed by atoms with Gasteiger partial charge in [0.25, 0.3) is 0 Å². The van der Waals surface area contributed by atoms with Crippen molar-refractivity contribution >= 4 is 5.97 Å². The molecule has 0 fully saturated rings. The van der Waals surface area contributed by atoms with Crippen LogP contribution in [-0.4, -0.2) is 37.1 Å². The number of carbonyl (C=O) groups excluding carboxylic acids is 1. The zero-order valence-corrected chi connectivity index (χ0v) is 10.4. The van der Waals surface area contributed by atoms with E-state index in [0.717, 1.165) is 31.6 Å². The number of ether oxygens (including phenoxy) is 1. The Morgan fingerprint density at radius 1 is 1.27 bits per heavy atom. The molecule has 15 heavy (non-hydrogen) atoms. The highest BCUT2D eigenvalue weighted by Crippen LogP contribution is 2.02. The fourth-order valence-electron chi connectivity index (χ4n) is 1.37. The Hall–Kier alpha value is -0.830. The van der Waals surface area contributed by atoms with Crippen molar-refractivity contribution in [3.05, 3.63) is 11.6 Å². The van der Waals surface area contributed by atoms with Crippen LogP contribution in [0.3, 0.4) is 0 Å². The molecule has 0 unspecified atom stereocenters. The molecule has 0 aliphatic heterocycles. The van der Waals surface area contributed by atoms with Crippen LogP contribution in [0.4, 0.5) is 0 Å². The molecule has 0 saturated heterocycles. The predicted molar refractivity (Wildman–Crippen MR) is 62.8 cm³/mol. The molecule has 0 rings (SSSR count). The number of likely N-dealkylation sites (N-methyl/N-ethyl adjacent to an activating group) is 1. The Morgan fingerprint density at radius 3 is 2.27 bits per heavy atom. The zero-order valence-electron chi connectivity index (χ0n) is 10.4. The molecule has 0 bridgehead atoms. The number of allylic oxidation sites excluding steroid dienone is 1. The smallest absolute Gasteiger partial charge is 0.333 e. The molecule has 3 heteroatoms. The van der Waals surface area contributed by atoms with E-state index in [4.69, 9.17) is 4.74 Å². The number of hydrogen-bond acceptors (Lipinski definition) is 3. The SMILES string of the molecule is C/C=C(/CC)C(=O)OCCN(CC)CC. The molecular weight excluding hydrogens is 190 g/mol. The minimum atomic E-state index is -0.174. The van der Waals surface area contributed by atoms with Crippen LogP contribution in [0.15, 0.2) is 11.6 Å². The molecule has 0 aromatic carbocycles. The highest BCUT2D eigenvalue weighted by molar-refractivity contribution is 5.88. The molecule has 0 aliphatic rings. The minimum Gasteiger partial charge on any atom is -0.461 e. The van der Waals surface area contributed by atoms with E-state index >= 15 is 0 Å². The summed E-state index contributed by atoms with van der Waals surface area (Å²) in [5, 5.41) is 0. The lowest BCUT2D eigenvalue weighted by Crippen LogP contribution is -2.28. The van der Waals surface area contributed by atoms with Gasteiger partial charge in [0.1, 0.15) is 6.61 Å². The van der Waals surface area contributed by atoms with Gasteiger partial charge in [0.15, 0.2) is 0 Å². The van der Waals surface area contributed by atoms with Crippen molar-refractivity contribution in [2.45, 2.75) is 34.1 Å². The van der Waals surface area contributed by atoms with Crippen molar-refractivity contribution in [1.29, 1.82) is 0 Å². The Labute approximate surface area is 93.1 Å². The first-order valence-corrected chi connectivity index (χ1v) is 5.74. The van der Waals surface area contributed by atoms with E-state index in [9.17, 15) is 4.79 Å². The lowest BCUT2D eigenvalue weighted by molar-refractivity contribution is -0.139. The van der Waals surface area contributed by atoms with E-state index in [1.807, 2.05) is 19.9 Å². The lowest BCUT2D eigenvalue weighted by atomic mass is 10.2. The summed E-state index contributed by atoms with van der Waals surface area (Å²) in [5.41, 5.74) is 0.759. The first kappa shape index (κ1) is 14.2. The maximum atomic E-state index is 11.5. The lowest BCUT2D eigenvalue weighted by Gasteiger charge is -2.17. The first-order valence-electron chi connectivity index (χ1n) is 5.74. The molecule has 0 radical (unpaired) electrons. The summed E-state index contributed by atoms with van der Waals surface area (Å²) in [5.74, 6) is -0.174. The maximum absolute atomic E-state index is 11.5. The second kappa shape index (κ2) is 8.48. The summed E-state index contributed by atoms with van der Waals surface area (Å²) in [6.45, 7) is 11.3. The van der Waals surface area contributed by atoms with Gasteiger partial charge in [-0.05, 0) is 26.4 Å². The fraction of sp³-hybridized carbons (Fsp3) is 0.750. The van der Waals surface area contributed by atoms with E-state index < -0.39 is 0 Å². The van der Waals surface area contributed by atoms with Crippen molar-refractivity contribution in [3.8, 4) is 0 Å². The summed E-state index contributed by atoms with van der Waals surface area (Å²) in [4.78, 5) is 13.7. The van der Waals surface area contributed by atoms with E-state index in [-0.39, 0.29) is 5.97 Å². The molecule has 0 atom stereocenters. The molecular formula is C12H23NO2. The van der Waals surface area contributed by atoms with Crippen molar-refractivity contribution in [2.24, 2.45) is 0 Å². The van der Waals surface area contributed by atoms with Gasteiger partial charge in [0, 0.05) is 12.1 Å². The van der Waals surface area contributed by atoms with Gasteiger partial charge in [-0.3, -0.25) is 0 Å². The first-order chi connectivity index (χ1) is 7.19. The van der Waals surface area contributed by atoms with E-state index in [2.05, 4.69) is 18.7 Å². The van der Waals surface area contributed by atoms with Crippen LogP contribution in [0.2, 0.25) is 0 Å². The Balaban J connectivity index is 3.81. The summed E-state index contributed by atoms with van der Waals surface area (Å²) < 4.78 is 5.17. The van der Waals surface area contributed by atoms with Crippen LogP contribution >= 0.6 is 0 Å². The van der Waals surface area contributed by atoms with Crippen molar-refractivity contribution in [3.63, 3.8) is 0 Å². The van der Waals surface area contributed by atoms with E-state index in [1.165, 1.54) is 0 Å². The second-order valence-electron chi connectivity index (χ2n) is 3.33. The fourth-order valence-corrected chi connectivity index (χ4v) is 1.37. The molecule has 0 aromatic heterocycles. The Bertz CT molecular complexity index is 208. The topological polar surface area (TPSA) is 29.5 Å². The standard InChI is InChI=1S/C12H23NO2/c1-5-11(6-2)12(14)15-10-9-13(7-3)8-4/h5H,6-10H2,1-4H3/b11-5-. The largest absolute Gasteiger partial charge is 0.461 e. The van der Waals surface area contributed by atoms with Gasteiger partial charge in [0.05, 0.1) is 0 Å². The normalized spacial score (nSPS) is 11.9. The third kappa shape index (κ3) is 5.57. The Morgan fingerprint density at radius 2 is 1.87 bits per heavy atom. The van der Waals surface area contributed by atoms with Crippen LogP contribution in [-0.2, 0) is 9.53 Å². The molecule has 0 aromatic rings. The molecule has 0 N–H and O–H groups in total. The predicted octanol–water partition coefficient (Wildman–Crippen LogP) is 2.23. The summed E-state index contributed by atoms with van der Waals surface area (Å²) in [7, 11) is 0. The molecule has 88 valence electrons. The summed E-state index contributed by atoms with van der Waals surface area (Å²) in [6.07, 6.45) is 2.56. The summed E-state index contributed by atoms with van der Waals surface area (Å²) in [6, 6.07) is 0. The molecule has 0 amide bonds. The number of nitrogens with zero attached hydrogens (tertiary/aromatic N) is 1. The van der Waals surface area contributed by atoms with Gasteiger partial charge in [-0.15, -0.1) is 0 Å². The molecule has 3 nitrogen and oxygen atoms in total. The third-order valence-electron chi connectivity index (χ3n) is 2.53. The van der Waals surface area contributed by atoms with Gasteiger partial charge in [-0.2, -0.15) is 0 Å². The second-order valence-corrected chi connectivity index (χ2v) is 3.33. The van der Waals surface area contributed by atoms with Crippen molar-refractivity contribution in [2.75, 3.05) is 26.2 Å². The monoisotopic (exact) mass is 213 g/mol. The highest BCUT2D eigenvalue weighted by atomic mass is 16.5. The Kier molecular flexibility index (Phi) is 8.01. The molecule has 0 aliphatic carbocycles. The zero-order chi connectivity index (χ0) is 11.7. The van der Waals surface area contributed by atoms with Crippen LogP contribution in [0.25, 0.3) is 0 Å². The number of rotatable bonds is 7. The van der Waals surface area contributed by atoms with Crippen LogP contribution in [0.1, 0.15) is 34.1 Å². The number of carbonyl (C=O) groups is 1. The number of hydrogen-bond donors (Lipinski definition) is 0. The van der Waals surface area contributed by atoms with Gasteiger partial charge < -0.3 is 9.64 Å².